The molecule has 6 heteroatoms. The van der Waals surface area contributed by atoms with Gasteiger partial charge in [0.15, 0.2) is 17.5 Å². The van der Waals surface area contributed by atoms with Crippen molar-refractivity contribution in [3.8, 4) is 62.7 Å². The van der Waals surface area contributed by atoms with E-state index >= 15 is 0 Å². The summed E-state index contributed by atoms with van der Waals surface area (Å²) in [5.41, 5.74) is 11.6. The average molecular weight is 741 g/mol. The lowest BCUT2D eigenvalue weighted by atomic mass is 9.99. The lowest BCUT2D eigenvalue weighted by molar-refractivity contribution is 1.06. The van der Waals surface area contributed by atoms with Crippen LogP contribution in [0.25, 0.3) is 100 Å². The molecule has 6 nitrogen and oxygen atoms in total. The van der Waals surface area contributed by atoms with E-state index in [1.807, 2.05) is 78.9 Å². The Morgan fingerprint density at radius 3 is 1.48 bits per heavy atom. The molecule has 0 aliphatic carbocycles. The Labute approximate surface area is 334 Å². The van der Waals surface area contributed by atoms with Crippen molar-refractivity contribution >= 4 is 43.6 Å². The zero-order valence-corrected chi connectivity index (χ0v) is 31.2. The number of fused-ring (bicyclic) bond motifs is 6. The van der Waals surface area contributed by atoms with Crippen LogP contribution in [-0.2, 0) is 0 Å². The van der Waals surface area contributed by atoms with Gasteiger partial charge in [-0.1, -0.05) is 140 Å². The predicted octanol–water partition coefficient (Wildman–Crippen LogP) is 12.6. The number of hydrogen-bond acceptors (Lipinski definition) is 4. The highest BCUT2D eigenvalue weighted by Crippen LogP contribution is 2.40. The molecule has 0 unspecified atom stereocenters. The zero-order valence-electron chi connectivity index (χ0n) is 31.2. The van der Waals surface area contributed by atoms with Gasteiger partial charge in [-0.2, -0.15) is 5.26 Å². The van der Waals surface area contributed by atoms with E-state index < -0.39 is 0 Å². The highest BCUT2D eigenvalue weighted by Gasteiger charge is 2.21. The zero-order chi connectivity index (χ0) is 38.6. The van der Waals surface area contributed by atoms with Gasteiger partial charge in [-0.25, -0.2) is 15.0 Å². The Kier molecular flexibility index (Phi) is 7.76. The second kappa shape index (κ2) is 13.6. The molecule has 0 saturated carbocycles. The van der Waals surface area contributed by atoms with Gasteiger partial charge in [0.1, 0.15) is 0 Å². The van der Waals surface area contributed by atoms with Gasteiger partial charge >= 0.3 is 0 Å². The summed E-state index contributed by atoms with van der Waals surface area (Å²) < 4.78 is 4.59. The number of aromatic nitrogens is 5. The van der Waals surface area contributed by atoms with Gasteiger partial charge in [0.2, 0.25) is 0 Å². The standard InChI is InChI=1S/C52H32N6/c53-33-34-24-27-42-41-21-11-13-23-46(41)58(48(42)30-34)47-29-26-37(38-25-28-43-40-20-10-12-22-45(40)57(49(43)32-38)39-18-8-3-9-19-39)31-44(47)52-55-50(35-14-4-1-5-15-35)54-51(56-52)36-16-6-2-7-17-36/h1-32H. The molecule has 0 fully saturated rings. The molecule has 11 aromatic rings. The number of hydrogen-bond donors (Lipinski definition) is 0. The van der Waals surface area contributed by atoms with Crippen LogP contribution in [0.4, 0.5) is 0 Å². The molecule has 0 bridgehead atoms. The molecular formula is C52H32N6. The molecule has 3 heterocycles. The van der Waals surface area contributed by atoms with Crippen molar-refractivity contribution in [2.24, 2.45) is 0 Å². The van der Waals surface area contributed by atoms with Crippen molar-refractivity contribution in [1.29, 1.82) is 5.26 Å². The molecule has 0 atom stereocenters. The Balaban J connectivity index is 1.21. The van der Waals surface area contributed by atoms with Crippen molar-refractivity contribution < 1.29 is 0 Å². The minimum absolute atomic E-state index is 0.548. The van der Waals surface area contributed by atoms with Gasteiger partial charge in [-0.05, 0) is 65.7 Å². The summed E-state index contributed by atoms with van der Waals surface area (Å²) in [6, 6.07) is 69.2. The first-order chi connectivity index (χ1) is 28.7. The third kappa shape index (κ3) is 5.45. The summed E-state index contributed by atoms with van der Waals surface area (Å²) in [5.74, 6) is 1.72. The Hall–Kier alpha value is -8.14. The normalized spacial score (nSPS) is 11.4. The molecule has 0 radical (unpaired) electrons. The van der Waals surface area contributed by atoms with Crippen molar-refractivity contribution in [2.45, 2.75) is 0 Å². The summed E-state index contributed by atoms with van der Waals surface area (Å²) in [6.07, 6.45) is 0. The fraction of sp³-hybridized carbons (Fsp3) is 0. The van der Waals surface area contributed by atoms with Crippen LogP contribution in [0.5, 0.6) is 0 Å². The Bertz CT molecular complexity index is 3340. The molecule has 3 aromatic heterocycles. The first kappa shape index (κ1) is 33.2. The van der Waals surface area contributed by atoms with Gasteiger partial charge in [-0.15, -0.1) is 0 Å². The number of para-hydroxylation sites is 3. The summed E-state index contributed by atoms with van der Waals surface area (Å²) in [4.78, 5) is 15.5. The Morgan fingerprint density at radius 2 is 0.845 bits per heavy atom. The van der Waals surface area contributed by atoms with E-state index in [1.54, 1.807) is 0 Å². The van der Waals surface area contributed by atoms with Crippen molar-refractivity contribution in [2.75, 3.05) is 0 Å². The first-order valence-corrected chi connectivity index (χ1v) is 19.3. The number of rotatable bonds is 6. The van der Waals surface area contributed by atoms with E-state index in [2.05, 4.69) is 130 Å². The number of nitrogens with zero attached hydrogens (tertiary/aromatic N) is 6. The fourth-order valence-corrected chi connectivity index (χ4v) is 8.32. The van der Waals surface area contributed by atoms with Crippen LogP contribution >= 0.6 is 0 Å². The van der Waals surface area contributed by atoms with Gasteiger partial charge in [-0.3, -0.25) is 0 Å². The molecule has 0 amide bonds. The molecule has 11 rings (SSSR count). The van der Waals surface area contributed by atoms with E-state index in [9.17, 15) is 5.26 Å². The molecule has 58 heavy (non-hydrogen) atoms. The van der Waals surface area contributed by atoms with Crippen LogP contribution < -0.4 is 0 Å². The lowest BCUT2D eigenvalue weighted by Crippen LogP contribution is -2.04. The average Bonchev–Trinajstić information content (AvgIpc) is 3.81. The van der Waals surface area contributed by atoms with Crippen LogP contribution in [0.3, 0.4) is 0 Å². The summed E-state index contributed by atoms with van der Waals surface area (Å²) in [7, 11) is 0. The maximum atomic E-state index is 10.0. The number of benzene rings is 8. The van der Waals surface area contributed by atoms with E-state index in [1.165, 1.54) is 10.8 Å². The molecule has 0 N–H and O–H groups in total. The molecule has 0 saturated heterocycles. The van der Waals surface area contributed by atoms with E-state index in [4.69, 9.17) is 15.0 Å². The van der Waals surface area contributed by atoms with Crippen molar-refractivity contribution in [1.82, 2.24) is 24.1 Å². The summed E-state index contributed by atoms with van der Waals surface area (Å²) >= 11 is 0. The topological polar surface area (TPSA) is 72.3 Å². The van der Waals surface area contributed by atoms with Gasteiger partial charge < -0.3 is 9.13 Å². The molecule has 270 valence electrons. The summed E-state index contributed by atoms with van der Waals surface area (Å²) in [5, 5.41) is 14.6. The number of nitriles is 1. The fourth-order valence-electron chi connectivity index (χ4n) is 8.32. The quantitative estimate of drug-likeness (QED) is 0.170. The smallest absolute Gasteiger partial charge is 0.166 e. The highest BCUT2D eigenvalue weighted by molar-refractivity contribution is 6.11. The lowest BCUT2D eigenvalue weighted by Gasteiger charge is -2.16. The van der Waals surface area contributed by atoms with Crippen LogP contribution in [0.1, 0.15) is 5.56 Å². The first-order valence-electron chi connectivity index (χ1n) is 19.3. The molecule has 0 aliphatic heterocycles. The maximum absolute atomic E-state index is 10.0. The third-order valence-corrected chi connectivity index (χ3v) is 11.0. The van der Waals surface area contributed by atoms with Crippen LogP contribution in [0.2, 0.25) is 0 Å². The minimum Gasteiger partial charge on any atom is -0.309 e. The minimum atomic E-state index is 0.548. The summed E-state index contributed by atoms with van der Waals surface area (Å²) in [6.45, 7) is 0. The monoisotopic (exact) mass is 740 g/mol. The molecule has 0 aliphatic rings. The van der Waals surface area contributed by atoms with Crippen LogP contribution in [-0.4, -0.2) is 24.1 Å². The molecular weight excluding hydrogens is 709 g/mol. The second-order valence-corrected chi connectivity index (χ2v) is 14.4. The van der Waals surface area contributed by atoms with E-state index in [0.29, 0.717) is 23.0 Å². The van der Waals surface area contributed by atoms with Gasteiger partial charge in [0.05, 0.1) is 39.4 Å². The highest BCUT2D eigenvalue weighted by atomic mass is 15.1. The van der Waals surface area contributed by atoms with Gasteiger partial charge in [0, 0.05) is 43.9 Å². The predicted molar refractivity (Wildman–Crippen MR) is 235 cm³/mol. The second-order valence-electron chi connectivity index (χ2n) is 14.4. The van der Waals surface area contributed by atoms with E-state index in [0.717, 1.165) is 72.0 Å². The third-order valence-electron chi connectivity index (χ3n) is 11.0. The Morgan fingerprint density at radius 1 is 0.362 bits per heavy atom. The van der Waals surface area contributed by atoms with Crippen LogP contribution in [0.15, 0.2) is 194 Å². The van der Waals surface area contributed by atoms with Crippen molar-refractivity contribution in [3.63, 3.8) is 0 Å². The maximum Gasteiger partial charge on any atom is 0.166 e. The van der Waals surface area contributed by atoms with E-state index in [-0.39, 0.29) is 0 Å². The molecule has 8 aromatic carbocycles. The molecule has 0 spiro atoms. The van der Waals surface area contributed by atoms with Crippen molar-refractivity contribution in [3.05, 3.63) is 200 Å². The van der Waals surface area contributed by atoms with Crippen LogP contribution in [0, 0.1) is 11.3 Å². The SMILES string of the molecule is N#Cc1ccc2c3ccccc3n(-c3ccc(-c4ccc5c6ccccc6n(-c6ccccc6)c5c4)cc3-c3nc(-c4ccccc4)nc(-c4ccccc4)n3)c2c1. The van der Waals surface area contributed by atoms with Gasteiger partial charge in [0.25, 0.3) is 0 Å². The largest absolute Gasteiger partial charge is 0.309 e.